The van der Waals surface area contributed by atoms with E-state index in [1.54, 1.807) is 0 Å². The Morgan fingerprint density at radius 2 is 2.00 bits per heavy atom. The van der Waals surface area contributed by atoms with Gasteiger partial charge in [-0.15, -0.1) is 0 Å². The van der Waals surface area contributed by atoms with E-state index >= 15 is 0 Å². The summed E-state index contributed by atoms with van der Waals surface area (Å²) < 4.78 is 2.19. The highest BCUT2D eigenvalue weighted by Crippen LogP contribution is 2.24. The van der Waals surface area contributed by atoms with Crippen LogP contribution in [0.3, 0.4) is 0 Å². The highest BCUT2D eigenvalue weighted by atomic mass is 79.9. The minimum Gasteiger partial charge on any atom is -0.313 e. The zero-order valence-corrected chi connectivity index (χ0v) is 13.6. The van der Waals surface area contributed by atoms with Crippen molar-refractivity contribution in [1.29, 1.82) is 0 Å². The molecular weight excluding hydrogens is 342 g/mol. The quantitative estimate of drug-likeness (QED) is 0.703. The second kappa shape index (κ2) is 8.06. The molecule has 0 fully saturated rings. The summed E-state index contributed by atoms with van der Waals surface area (Å²) in [7, 11) is 0. The van der Waals surface area contributed by atoms with Crippen molar-refractivity contribution in [3.63, 3.8) is 0 Å². The standard InChI is InChI=1S/C14H19Br2N/c1-3-7-17-10-11(4-2)8-12-5-6-13(15)14(16)9-12/h5-6,8-9,17H,3-4,7,10H2,1-2H3/b11-8+. The third-order valence-corrected chi connectivity index (χ3v) is 4.43. The molecule has 17 heavy (non-hydrogen) atoms. The highest BCUT2D eigenvalue weighted by molar-refractivity contribution is 9.13. The van der Waals surface area contributed by atoms with E-state index in [1.165, 1.54) is 17.6 Å². The summed E-state index contributed by atoms with van der Waals surface area (Å²) in [4.78, 5) is 0. The summed E-state index contributed by atoms with van der Waals surface area (Å²) in [6.07, 6.45) is 4.53. The van der Waals surface area contributed by atoms with Crippen LogP contribution in [-0.2, 0) is 0 Å². The van der Waals surface area contributed by atoms with E-state index in [1.807, 2.05) is 0 Å². The van der Waals surface area contributed by atoms with Gasteiger partial charge in [0.15, 0.2) is 0 Å². The number of rotatable bonds is 6. The van der Waals surface area contributed by atoms with Gasteiger partial charge in [0.1, 0.15) is 0 Å². The lowest BCUT2D eigenvalue weighted by molar-refractivity contribution is 0.706. The summed E-state index contributed by atoms with van der Waals surface area (Å²) in [5, 5.41) is 3.44. The fraction of sp³-hybridized carbons (Fsp3) is 0.429. The molecule has 1 rings (SSSR count). The Bertz CT molecular complexity index is 386. The molecule has 0 saturated heterocycles. The van der Waals surface area contributed by atoms with Crippen molar-refractivity contribution in [2.24, 2.45) is 0 Å². The number of hydrogen-bond donors (Lipinski definition) is 1. The summed E-state index contributed by atoms with van der Waals surface area (Å²) in [6.45, 7) is 6.46. The van der Waals surface area contributed by atoms with Crippen molar-refractivity contribution in [3.8, 4) is 0 Å². The predicted molar refractivity (Wildman–Crippen MR) is 83.3 cm³/mol. The molecule has 0 bridgehead atoms. The molecule has 0 spiro atoms. The molecule has 0 amide bonds. The highest BCUT2D eigenvalue weighted by Gasteiger charge is 1.99. The van der Waals surface area contributed by atoms with Crippen molar-refractivity contribution in [2.75, 3.05) is 13.1 Å². The van der Waals surface area contributed by atoms with Crippen LogP contribution in [-0.4, -0.2) is 13.1 Å². The Labute approximate surface area is 121 Å². The maximum absolute atomic E-state index is 3.53. The molecule has 1 aromatic carbocycles. The smallest absolute Gasteiger partial charge is 0.0323 e. The Morgan fingerprint density at radius 1 is 1.24 bits per heavy atom. The molecule has 3 heteroatoms. The first kappa shape index (κ1) is 14.9. The maximum atomic E-state index is 3.53. The fourth-order valence-corrected chi connectivity index (χ4v) is 2.18. The maximum Gasteiger partial charge on any atom is 0.0323 e. The first-order valence-corrected chi connectivity index (χ1v) is 7.61. The number of hydrogen-bond acceptors (Lipinski definition) is 1. The average molecular weight is 361 g/mol. The monoisotopic (exact) mass is 359 g/mol. The van der Waals surface area contributed by atoms with Gasteiger partial charge in [-0.2, -0.15) is 0 Å². The van der Waals surface area contributed by atoms with Gasteiger partial charge in [0.25, 0.3) is 0 Å². The number of benzene rings is 1. The van der Waals surface area contributed by atoms with Crippen molar-refractivity contribution in [1.82, 2.24) is 5.32 Å². The van der Waals surface area contributed by atoms with Gasteiger partial charge in [-0.1, -0.05) is 31.6 Å². The normalized spacial score (nSPS) is 11.9. The lowest BCUT2D eigenvalue weighted by Crippen LogP contribution is -2.17. The molecule has 0 aliphatic carbocycles. The van der Waals surface area contributed by atoms with E-state index < -0.39 is 0 Å². The SMILES string of the molecule is CCCNC/C(=C/c1ccc(Br)c(Br)c1)CC. The molecular formula is C14H19Br2N. The van der Waals surface area contributed by atoms with E-state index in [0.29, 0.717) is 0 Å². The van der Waals surface area contributed by atoms with Gasteiger partial charge in [0.05, 0.1) is 0 Å². The molecule has 0 aromatic heterocycles. The van der Waals surface area contributed by atoms with E-state index in [4.69, 9.17) is 0 Å². The topological polar surface area (TPSA) is 12.0 Å². The minimum absolute atomic E-state index is 0.984. The molecule has 0 heterocycles. The summed E-state index contributed by atoms with van der Waals surface area (Å²) in [5.41, 5.74) is 2.68. The molecule has 0 aliphatic heterocycles. The van der Waals surface area contributed by atoms with Crippen LogP contribution in [0.5, 0.6) is 0 Å². The van der Waals surface area contributed by atoms with E-state index in [0.717, 1.165) is 28.5 Å². The number of nitrogens with one attached hydrogen (secondary N) is 1. The van der Waals surface area contributed by atoms with Crippen LogP contribution in [0.1, 0.15) is 32.3 Å². The Kier molecular flexibility index (Phi) is 7.09. The number of halogens is 2. The zero-order valence-electron chi connectivity index (χ0n) is 10.4. The van der Waals surface area contributed by atoms with Gasteiger partial charge in [-0.3, -0.25) is 0 Å². The van der Waals surface area contributed by atoms with Gasteiger partial charge in [0.2, 0.25) is 0 Å². The lowest BCUT2D eigenvalue weighted by Gasteiger charge is -2.07. The Hall–Kier alpha value is -0.120. The van der Waals surface area contributed by atoms with Crippen LogP contribution in [0.15, 0.2) is 32.7 Å². The van der Waals surface area contributed by atoms with Crippen LogP contribution in [0.4, 0.5) is 0 Å². The van der Waals surface area contributed by atoms with Crippen LogP contribution < -0.4 is 5.32 Å². The van der Waals surface area contributed by atoms with Crippen molar-refractivity contribution in [2.45, 2.75) is 26.7 Å². The Balaban J connectivity index is 2.72. The Morgan fingerprint density at radius 3 is 2.59 bits per heavy atom. The predicted octanol–water partition coefficient (Wildman–Crippen LogP) is 5.00. The van der Waals surface area contributed by atoms with Gasteiger partial charge in [0, 0.05) is 15.5 Å². The lowest BCUT2D eigenvalue weighted by atomic mass is 10.1. The largest absolute Gasteiger partial charge is 0.313 e. The molecule has 94 valence electrons. The van der Waals surface area contributed by atoms with Crippen LogP contribution in [0.25, 0.3) is 6.08 Å². The van der Waals surface area contributed by atoms with Crippen LogP contribution >= 0.6 is 31.9 Å². The average Bonchev–Trinajstić information content (AvgIpc) is 2.32. The molecule has 0 atom stereocenters. The summed E-state index contributed by atoms with van der Waals surface area (Å²) >= 11 is 7.01. The van der Waals surface area contributed by atoms with E-state index in [2.05, 4.69) is 75.3 Å². The first-order chi connectivity index (χ1) is 8.17. The molecule has 1 N–H and O–H groups in total. The molecule has 0 radical (unpaired) electrons. The molecule has 0 unspecified atom stereocenters. The summed E-state index contributed by atoms with van der Waals surface area (Å²) in [5.74, 6) is 0. The second-order valence-corrected chi connectivity index (χ2v) is 5.72. The third kappa shape index (κ3) is 5.36. The van der Waals surface area contributed by atoms with E-state index in [-0.39, 0.29) is 0 Å². The van der Waals surface area contributed by atoms with Crippen molar-refractivity contribution in [3.05, 3.63) is 38.3 Å². The molecule has 1 nitrogen and oxygen atoms in total. The van der Waals surface area contributed by atoms with Crippen LogP contribution in [0.2, 0.25) is 0 Å². The second-order valence-electron chi connectivity index (χ2n) is 4.01. The molecule has 0 aliphatic rings. The fourth-order valence-electron chi connectivity index (χ4n) is 1.54. The van der Waals surface area contributed by atoms with Crippen LogP contribution in [0, 0.1) is 0 Å². The van der Waals surface area contributed by atoms with Crippen molar-refractivity contribution < 1.29 is 0 Å². The minimum atomic E-state index is 0.984. The molecule has 1 aromatic rings. The van der Waals surface area contributed by atoms with Gasteiger partial charge in [-0.05, 0) is 68.9 Å². The molecule has 0 saturated carbocycles. The van der Waals surface area contributed by atoms with E-state index in [9.17, 15) is 0 Å². The summed E-state index contributed by atoms with van der Waals surface area (Å²) in [6, 6.07) is 6.34. The van der Waals surface area contributed by atoms with Crippen molar-refractivity contribution >= 4 is 37.9 Å². The first-order valence-electron chi connectivity index (χ1n) is 6.02. The zero-order chi connectivity index (χ0) is 12.7. The van der Waals surface area contributed by atoms with Gasteiger partial charge in [-0.25, -0.2) is 0 Å². The van der Waals surface area contributed by atoms with Gasteiger partial charge < -0.3 is 5.32 Å². The third-order valence-electron chi connectivity index (χ3n) is 2.55. The van der Waals surface area contributed by atoms with Gasteiger partial charge >= 0.3 is 0 Å².